The Balaban J connectivity index is 2.08. The fourth-order valence-electron chi connectivity index (χ4n) is 3.13. The van der Waals surface area contributed by atoms with Crippen LogP contribution in [0.15, 0.2) is 28.7 Å². The van der Waals surface area contributed by atoms with Crippen LogP contribution in [-0.4, -0.2) is 28.2 Å². The van der Waals surface area contributed by atoms with Gasteiger partial charge in [-0.05, 0) is 52.1 Å². The summed E-state index contributed by atoms with van der Waals surface area (Å²) in [6, 6.07) is 1.59. The van der Waals surface area contributed by atoms with Crippen molar-refractivity contribution in [3.8, 4) is 5.75 Å². The van der Waals surface area contributed by atoms with E-state index in [1.807, 2.05) is 0 Å². The molecule has 4 heteroatoms. The van der Waals surface area contributed by atoms with Crippen LogP contribution in [0.1, 0.15) is 57.6 Å². The monoisotopic (exact) mass is 318 g/mol. The summed E-state index contributed by atoms with van der Waals surface area (Å²) in [6.45, 7) is 4.78. The second-order valence-electron chi connectivity index (χ2n) is 6.66. The van der Waals surface area contributed by atoms with Crippen LogP contribution >= 0.6 is 0 Å². The predicted octanol–water partition coefficient (Wildman–Crippen LogP) is 3.68. The Morgan fingerprint density at radius 3 is 2.87 bits per heavy atom. The average Bonchev–Trinajstić information content (AvgIpc) is 2.55. The first-order valence-electron chi connectivity index (χ1n) is 8.89. The molecule has 0 saturated heterocycles. The minimum absolute atomic E-state index is 0.150. The molecule has 0 unspecified atom stereocenters. The van der Waals surface area contributed by atoms with E-state index in [9.17, 15) is 9.90 Å². The normalized spacial score (nSPS) is 15.0. The van der Waals surface area contributed by atoms with E-state index in [1.54, 1.807) is 12.3 Å². The summed E-state index contributed by atoms with van der Waals surface area (Å²) in [5.74, 6) is -0.150. The zero-order valence-electron chi connectivity index (χ0n) is 14.6. The van der Waals surface area contributed by atoms with Crippen molar-refractivity contribution >= 4 is 0 Å². The minimum atomic E-state index is -0.281. The van der Waals surface area contributed by atoms with Gasteiger partial charge in [0.25, 0.3) is 0 Å². The van der Waals surface area contributed by atoms with E-state index < -0.39 is 0 Å². The molecule has 0 fully saturated rings. The highest BCUT2D eigenvalue weighted by Crippen LogP contribution is 2.21. The molecule has 1 heterocycles. The van der Waals surface area contributed by atoms with E-state index in [-0.39, 0.29) is 11.2 Å². The van der Waals surface area contributed by atoms with Gasteiger partial charge in [0.2, 0.25) is 5.43 Å². The van der Waals surface area contributed by atoms with Crippen molar-refractivity contribution in [3.63, 3.8) is 0 Å². The molecule has 0 aliphatic heterocycles. The lowest BCUT2D eigenvalue weighted by Gasteiger charge is -2.21. The number of hydrogen-bond donors (Lipinski definition) is 1. The van der Waals surface area contributed by atoms with Crippen LogP contribution in [0.3, 0.4) is 0 Å². The van der Waals surface area contributed by atoms with E-state index in [0.717, 1.165) is 38.2 Å². The highest BCUT2D eigenvalue weighted by atomic mass is 16.3. The Bertz CT molecular complexity index is 590. The second kappa shape index (κ2) is 8.92. The van der Waals surface area contributed by atoms with Crippen LogP contribution in [-0.2, 0) is 13.1 Å². The van der Waals surface area contributed by atoms with Crippen LogP contribution in [0.5, 0.6) is 5.75 Å². The number of nitrogens with zero attached hydrogens (tertiary/aromatic N) is 2. The molecule has 128 valence electrons. The fraction of sp³-hybridized carbons (Fsp3) is 0.632. The second-order valence-corrected chi connectivity index (χ2v) is 6.66. The van der Waals surface area contributed by atoms with Gasteiger partial charge in [-0.3, -0.25) is 4.79 Å². The topological polar surface area (TPSA) is 45.5 Å². The van der Waals surface area contributed by atoms with Gasteiger partial charge >= 0.3 is 0 Å². The van der Waals surface area contributed by atoms with Crippen molar-refractivity contribution < 1.29 is 5.11 Å². The Morgan fingerprint density at radius 1 is 1.35 bits per heavy atom. The van der Waals surface area contributed by atoms with Gasteiger partial charge in [-0.25, -0.2) is 0 Å². The van der Waals surface area contributed by atoms with Gasteiger partial charge in [-0.15, -0.1) is 0 Å². The summed E-state index contributed by atoms with van der Waals surface area (Å²) in [6.07, 6.45) is 12.3. The van der Waals surface area contributed by atoms with Crippen molar-refractivity contribution in [1.29, 1.82) is 0 Å². The highest BCUT2D eigenvalue weighted by Gasteiger charge is 2.10. The molecule has 1 aliphatic carbocycles. The third kappa shape index (κ3) is 5.54. The first kappa shape index (κ1) is 17.8. The van der Waals surface area contributed by atoms with Crippen LogP contribution in [0.25, 0.3) is 0 Å². The number of aryl methyl sites for hydroxylation is 1. The maximum Gasteiger partial charge on any atom is 0.223 e. The van der Waals surface area contributed by atoms with Crippen molar-refractivity contribution in [3.05, 3.63) is 39.8 Å². The number of aromatic hydroxyl groups is 1. The van der Waals surface area contributed by atoms with E-state index in [2.05, 4.69) is 29.5 Å². The summed E-state index contributed by atoms with van der Waals surface area (Å²) < 4.78 is 2.05. The molecule has 4 nitrogen and oxygen atoms in total. The standard InChI is InChI=1S/C19H30N2O2/c1-3-4-11-20(2)14-17-13-18(22)19(23)15-21(17)12-10-16-8-6-5-7-9-16/h8,13,15,23H,3-7,9-12,14H2,1-2H3. The average molecular weight is 318 g/mol. The molecule has 0 aromatic carbocycles. The zero-order chi connectivity index (χ0) is 16.7. The molecule has 1 N–H and O–H groups in total. The van der Waals surface area contributed by atoms with Crippen LogP contribution < -0.4 is 5.43 Å². The van der Waals surface area contributed by atoms with Crippen molar-refractivity contribution in [2.45, 2.75) is 65.0 Å². The summed E-state index contributed by atoms with van der Waals surface area (Å²) in [7, 11) is 2.08. The highest BCUT2D eigenvalue weighted by molar-refractivity contribution is 5.20. The summed E-state index contributed by atoms with van der Waals surface area (Å²) in [5.41, 5.74) is 2.22. The van der Waals surface area contributed by atoms with Gasteiger partial charge in [0.15, 0.2) is 5.75 Å². The first-order chi connectivity index (χ1) is 11.1. The largest absolute Gasteiger partial charge is 0.503 e. The summed E-state index contributed by atoms with van der Waals surface area (Å²) >= 11 is 0. The lowest BCUT2D eigenvalue weighted by molar-refractivity contribution is 0.309. The third-order valence-corrected chi connectivity index (χ3v) is 4.58. The number of rotatable bonds is 8. The number of allylic oxidation sites excluding steroid dienone is 2. The summed E-state index contributed by atoms with van der Waals surface area (Å²) in [4.78, 5) is 14.0. The fourth-order valence-corrected chi connectivity index (χ4v) is 3.13. The Morgan fingerprint density at radius 2 is 2.17 bits per heavy atom. The van der Waals surface area contributed by atoms with Crippen LogP contribution in [0.4, 0.5) is 0 Å². The van der Waals surface area contributed by atoms with E-state index in [1.165, 1.54) is 37.7 Å². The SMILES string of the molecule is CCCCN(C)Cc1cc(=O)c(O)cn1CCC1=CCCCC1. The molecule has 1 aromatic rings. The maximum atomic E-state index is 11.8. The molecule has 23 heavy (non-hydrogen) atoms. The lowest BCUT2D eigenvalue weighted by Crippen LogP contribution is -2.23. The maximum absolute atomic E-state index is 11.8. The minimum Gasteiger partial charge on any atom is -0.503 e. The van der Waals surface area contributed by atoms with Crippen molar-refractivity contribution in [2.75, 3.05) is 13.6 Å². The van der Waals surface area contributed by atoms with Gasteiger partial charge in [-0.1, -0.05) is 25.0 Å². The molecular weight excluding hydrogens is 288 g/mol. The number of unbranched alkanes of at least 4 members (excludes halogenated alkanes) is 1. The zero-order valence-corrected chi connectivity index (χ0v) is 14.6. The van der Waals surface area contributed by atoms with Crippen LogP contribution in [0.2, 0.25) is 0 Å². The van der Waals surface area contributed by atoms with Gasteiger partial charge in [-0.2, -0.15) is 0 Å². The number of pyridine rings is 1. The number of aromatic nitrogens is 1. The Kier molecular flexibility index (Phi) is 6.90. The van der Waals surface area contributed by atoms with Crippen molar-refractivity contribution in [1.82, 2.24) is 9.47 Å². The van der Waals surface area contributed by atoms with Gasteiger partial charge in [0, 0.05) is 24.8 Å². The molecule has 0 amide bonds. The molecule has 0 radical (unpaired) electrons. The molecular formula is C19H30N2O2. The summed E-state index contributed by atoms with van der Waals surface area (Å²) in [5, 5.41) is 9.78. The molecule has 2 rings (SSSR count). The lowest BCUT2D eigenvalue weighted by atomic mass is 9.97. The molecule has 0 atom stereocenters. The third-order valence-electron chi connectivity index (χ3n) is 4.58. The van der Waals surface area contributed by atoms with E-state index in [0.29, 0.717) is 0 Å². The Labute approximate surface area is 139 Å². The molecule has 1 aliphatic rings. The smallest absolute Gasteiger partial charge is 0.223 e. The molecule has 0 bridgehead atoms. The quantitative estimate of drug-likeness (QED) is 0.744. The van der Waals surface area contributed by atoms with Gasteiger partial charge < -0.3 is 14.6 Å². The molecule has 0 saturated carbocycles. The van der Waals surface area contributed by atoms with Crippen molar-refractivity contribution in [2.24, 2.45) is 0 Å². The van der Waals surface area contributed by atoms with E-state index >= 15 is 0 Å². The van der Waals surface area contributed by atoms with Gasteiger partial charge in [0.05, 0.1) is 6.20 Å². The van der Waals surface area contributed by atoms with Crippen LogP contribution in [0, 0.1) is 0 Å². The van der Waals surface area contributed by atoms with Gasteiger partial charge in [0.1, 0.15) is 0 Å². The number of hydrogen-bond acceptors (Lipinski definition) is 3. The first-order valence-corrected chi connectivity index (χ1v) is 8.89. The predicted molar refractivity (Wildman–Crippen MR) is 94.8 cm³/mol. The Hall–Kier alpha value is -1.55. The molecule has 1 aromatic heterocycles. The van der Waals surface area contributed by atoms with E-state index in [4.69, 9.17) is 0 Å². The molecule has 0 spiro atoms.